The number of rotatable bonds is 3. The molecule has 2 aliphatic rings. The van der Waals surface area contributed by atoms with Crippen LogP contribution in [0.5, 0.6) is 11.5 Å². The Balaban J connectivity index is 1.66. The van der Waals surface area contributed by atoms with Gasteiger partial charge in [-0.3, -0.25) is 0 Å². The Bertz CT molecular complexity index is 445. The monoisotopic (exact) mass is 264 g/mol. The number of fused-ring (bicyclic) bond motifs is 1. The van der Waals surface area contributed by atoms with E-state index in [-0.39, 0.29) is 6.10 Å². The highest BCUT2D eigenvalue weighted by Gasteiger charge is 2.17. The lowest BCUT2D eigenvalue weighted by atomic mass is 10.1. The van der Waals surface area contributed by atoms with Gasteiger partial charge in [-0.15, -0.1) is 0 Å². The minimum absolute atomic E-state index is 0.279. The van der Waals surface area contributed by atoms with E-state index in [1.54, 1.807) is 0 Å². The van der Waals surface area contributed by atoms with Crippen LogP contribution in [0.3, 0.4) is 0 Å². The van der Waals surface area contributed by atoms with Gasteiger partial charge in [-0.05, 0) is 19.3 Å². The predicted molar refractivity (Wildman–Crippen MR) is 73.9 cm³/mol. The Morgan fingerprint density at radius 2 is 1.89 bits per heavy atom. The van der Waals surface area contributed by atoms with Gasteiger partial charge in [0.25, 0.3) is 0 Å². The maximum atomic E-state index is 6.02. The third-order valence-electron chi connectivity index (χ3n) is 3.51. The molecule has 0 saturated carbocycles. The van der Waals surface area contributed by atoms with Crippen LogP contribution in [0.15, 0.2) is 12.1 Å². The number of ether oxygens (including phenoxy) is 3. The van der Waals surface area contributed by atoms with Crippen molar-refractivity contribution in [2.24, 2.45) is 0 Å². The van der Waals surface area contributed by atoms with Gasteiger partial charge in [-0.25, -0.2) is 0 Å². The predicted octanol–water partition coefficient (Wildman–Crippen LogP) is 2.02. The van der Waals surface area contributed by atoms with E-state index in [0.717, 1.165) is 36.8 Å². The Morgan fingerprint density at radius 3 is 2.63 bits per heavy atom. The number of nitrogens with one attached hydrogen (secondary N) is 1. The molecule has 0 bridgehead atoms. The van der Waals surface area contributed by atoms with E-state index in [2.05, 4.69) is 5.32 Å². The second kappa shape index (κ2) is 5.57. The fourth-order valence-corrected chi connectivity index (χ4v) is 2.45. The van der Waals surface area contributed by atoms with E-state index in [1.165, 1.54) is 12.8 Å². The molecule has 5 heteroatoms. The van der Waals surface area contributed by atoms with Crippen LogP contribution in [0.4, 0.5) is 11.4 Å². The first-order valence-electron chi connectivity index (χ1n) is 6.87. The normalized spacial score (nSPS) is 22.0. The standard InChI is InChI=1S/C14H20N2O3/c15-11-7-13-14(19-6-5-18-13)8-12(11)16-9-10-3-1-2-4-17-10/h7-8,10,16H,1-6,9,15H2. The van der Waals surface area contributed by atoms with Crippen molar-refractivity contribution in [2.75, 3.05) is 37.4 Å². The summed E-state index contributed by atoms with van der Waals surface area (Å²) in [4.78, 5) is 0. The summed E-state index contributed by atoms with van der Waals surface area (Å²) in [7, 11) is 0. The van der Waals surface area contributed by atoms with Crippen LogP contribution in [-0.4, -0.2) is 32.5 Å². The number of hydrogen-bond donors (Lipinski definition) is 2. The Morgan fingerprint density at radius 1 is 1.11 bits per heavy atom. The molecule has 0 radical (unpaired) electrons. The van der Waals surface area contributed by atoms with Crippen molar-refractivity contribution >= 4 is 11.4 Å². The van der Waals surface area contributed by atoms with Gasteiger partial charge in [0.05, 0.1) is 17.5 Å². The Kier molecular flexibility index (Phi) is 3.64. The second-order valence-electron chi connectivity index (χ2n) is 4.95. The molecule has 0 spiro atoms. The largest absolute Gasteiger partial charge is 0.486 e. The van der Waals surface area contributed by atoms with Crippen LogP contribution in [0, 0.1) is 0 Å². The molecule has 5 nitrogen and oxygen atoms in total. The molecule has 0 aromatic heterocycles. The molecular formula is C14H20N2O3. The van der Waals surface area contributed by atoms with Crippen molar-refractivity contribution < 1.29 is 14.2 Å². The first-order chi connectivity index (χ1) is 9.33. The zero-order valence-corrected chi connectivity index (χ0v) is 11.0. The smallest absolute Gasteiger partial charge is 0.163 e. The molecule has 0 amide bonds. The zero-order chi connectivity index (χ0) is 13.1. The molecule has 1 aromatic carbocycles. The molecule has 2 aliphatic heterocycles. The highest BCUT2D eigenvalue weighted by atomic mass is 16.6. The van der Waals surface area contributed by atoms with E-state index >= 15 is 0 Å². The number of nitrogen functional groups attached to an aromatic ring is 1. The SMILES string of the molecule is Nc1cc2c(cc1NCC1CCCCO1)OCCO2. The molecule has 1 unspecified atom stereocenters. The van der Waals surface area contributed by atoms with Crippen LogP contribution >= 0.6 is 0 Å². The number of benzene rings is 1. The van der Waals surface area contributed by atoms with Gasteiger partial charge in [0.2, 0.25) is 0 Å². The van der Waals surface area contributed by atoms with Gasteiger partial charge in [-0.2, -0.15) is 0 Å². The summed E-state index contributed by atoms with van der Waals surface area (Å²) in [6.07, 6.45) is 3.80. The lowest BCUT2D eigenvalue weighted by Gasteiger charge is -2.24. The summed E-state index contributed by atoms with van der Waals surface area (Å²) in [6.45, 7) is 2.81. The van der Waals surface area contributed by atoms with Crippen molar-refractivity contribution in [3.8, 4) is 11.5 Å². The van der Waals surface area contributed by atoms with E-state index in [0.29, 0.717) is 18.9 Å². The third kappa shape index (κ3) is 2.87. The topological polar surface area (TPSA) is 65.7 Å². The van der Waals surface area contributed by atoms with Crippen LogP contribution < -0.4 is 20.5 Å². The van der Waals surface area contributed by atoms with Gasteiger partial charge in [0.15, 0.2) is 11.5 Å². The van der Waals surface area contributed by atoms with E-state index < -0.39 is 0 Å². The molecule has 1 fully saturated rings. The van der Waals surface area contributed by atoms with Gasteiger partial charge >= 0.3 is 0 Å². The first kappa shape index (κ1) is 12.4. The van der Waals surface area contributed by atoms with Crippen LogP contribution in [0.1, 0.15) is 19.3 Å². The summed E-state index contributed by atoms with van der Waals surface area (Å²) in [5, 5.41) is 3.35. The molecule has 1 atom stereocenters. The van der Waals surface area contributed by atoms with Crippen molar-refractivity contribution in [3.63, 3.8) is 0 Å². The minimum atomic E-state index is 0.279. The third-order valence-corrected chi connectivity index (χ3v) is 3.51. The summed E-state index contributed by atoms with van der Waals surface area (Å²) < 4.78 is 16.7. The summed E-state index contributed by atoms with van der Waals surface area (Å²) in [5.41, 5.74) is 7.59. The van der Waals surface area contributed by atoms with Crippen molar-refractivity contribution in [1.29, 1.82) is 0 Å². The van der Waals surface area contributed by atoms with Crippen molar-refractivity contribution in [2.45, 2.75) is 25.4 Å². The van der Waals surface area contributed by atoms with Crippen LogP contribution in [0.25, 0.3) is 0 Å². The molecule has 3 N–H and O–H groups in total. The summed E-state index contributed by atoms with van der Waals surface area (Å²) in [5.74, 6) is 1.48. The maximum Gasteiger partial charge on any atom is 0.163 e. The molecule has 0 aliphatic carbocycles. The van der Waals surface area contributed by atoms with Gasteiger partial charge in [0, 0.05) is 25.3 Å². The van der Waals surface area contributed by atoms with Gasteiger partial charge < -0.3 is 25.3 Å². The fraction of sp³-hybridized carbons (Fsp3) is 0.571. The molecular weight excluding hydrogens is 244 g/mol. The Hall–Kier alpha value is -1.62. The quantitative estimate of drug-likeness (QED) is 0.818. The van der Waals surface area contributed by atoms with E-state index in [1.807, 2.05) is 12.1 Å². The molecule has 3 rings (SSSR count). The average Bonchev–Trinajstić information content (AvgIpc) is 2.46. The second-order valence-corrected chi connectivity index (χ2v) is 4.95. The number of nitrogens with two attached hydrogens (primary N) is 1. The highest BCUT2D eigenvalue weighted by Crippen LogP contribution is 2.37. The van der Waals surface area contributed by atoms with Crippen LogP contribution in [0.2, 0.25) is 0 Å². The maximum absolute atomic E-state index is 6.02. The number of anilines is 2. The number of hydrogen-bond acceptors (Lipinski definition) is 5. The summed E-state index contributed by atoms with van der Waals surface area (Å²) >= 11 is 0. The minimum Gasteiger partial charge on any atom is -0.486 e. The highest BCUT2D eigenvalue weighted by molar-refractivity contribution is 5.72. The lowest BCUT2D eigenvalue weighted by molar-refractivity contribution is 0.0247. The van der Waals surface area contributed by atoms with Gasteiger partial charge in [-0.1, -0.05) is 0 Å². The average molecular weight is 264 g/mol. The Labute approximate surface area is 113 Å². The molecule has 104 valence electrons. The molecule has 2 heterocycles. The van der Waals surface area contributed by atoms with E-state index in [9.17, 15) is 0 Å². The molecule has 1 saturated heterocycles. The van der Waals surface area contributed by atoms with E-state index in [4.69, 9.17) is 19.9 Å². The van der Waals surface area contributed by atoms with Gasteiger partial charge in [0.1, 0.15) is 13.2 Å². The molecule has 1 aromatic rings. The summed E-state index contributed by atoms with van der Waals surface area (Å²) in [6, 6.07) is 3.73. The first-order valence-corrected chi connectivity index (χ1v) is 6.87. The van der Waals surface area contributed by atoms with Crippen molar-refractivity contribution in [1.82, 2.24) is 0 Å². The van der Waals surface area contributed by atoms with Crippen LogP contribution in [-0.2, 0) is 4.74 Å². The van der Waals surface area contributed by atoms with Crippen molar-refractivity contribution in [3.05, 3.63) is 12.1 Å². The molecule has 19 heavy (non-hydrogen) atoms. The zero-order valence-electron chi connectivity index (χ0n) is 11.0. The fourth-order valence-electron chi connectivity index (χ4n) is 2.45. The lowest BCUT2D eigenvalue weighted by Crippen LogP contribution is -2.27.